The van der Waals surface area contributed by atoms with E-state index in [9.17, 15) is 26.8 Å². The van der Waals surface area contributed by atoms with E-state index in [0.29, 0.717) is 58.1 Å². The van der Waals surface area contributed by atoms with E-state index in [1.165, 1.54) is 31.8 Å². The van der Waals surface area contributed by atoms with Crippen LogP contribution in [-0.2, 0) is 14.8 Å². The molecule has 0 unspecified atom stereocenters. The number of amides is 2. The first-order valence-electron chi connectivity index (χ1n) is 14.7. The summed E-state index contributed by atoms with van der Waals surface area (Å²) in [4.78, 5) is 35.8. The van der Waals surface area contributed by atoms with Crippen molar-refractivity contribution in [1.29, 1.82) is 0 Å². The molecule has 13 nitrogen and oxygen atoms in total. The molecule has 4 N–H and O–H groups in total. The molecule has 2 amide bonds. The van der Waals surface area contributed by atoms with Crippen molar-refractivity contribution in [1.82, 2.24) is 15.0 Å². The topological polar surface area (TPSA) is 185 Å². The van der Waals surface area contributed by atoms with Crippen LogP contribution in [0, 0.1) is 18.6 Å². The summed E-state index contributed by atoms with van der Waals surface area (Å²) in [5, 5.41) is 3.37. The molecule has 0 fully saturated rings. The van der Waals surface area contributed by atoms with Crippen molar-refractivity contribution in [3.63, 3.8) is 0 Å². The number of sulfonamides is 1. The van der Waals surface area contributed by atoms with Gasteiger partial charge in [-0.1, -0.05) is 12.1 Å². The Hall–Kier alpha value is -5.90. The van der Waals surface area contributed by atoms with Crippen LogP contribution in [0.5, 0.6) is 17.4 Å². The van der Waals surface area contributed by atoms with Crippen LogP contribution in [0.15, 0.2) is 78.1 Å². The molecular weight excluding hydrogens is 662 g/mol. The minimum absolute atomic E-state index is 0.0838. The second-order valence-electron chi connectivity index (χ2n) is 10.6. The van der Waals surface area contributed by atoms with E-state index in [1.807, 2.05) is 0 Å². The summed E-state index contributed by atoms with van der Waals surface area (Å²) in [5.74, 6) is -2.02. The van der Waals surface area contributed by atoms with Gasteiger partial charge in [-0.05, 0) is 67.8 Å². The molecule has 0 spiro atoms. The van der Waals surface area contributed by atoms with Crippen molar-refractivity contribution in [2.75, 3.05) is 23.8 Å². The van der Waals surface area contributed by atoms with Gasteiger partial charge in [0.25, 0.3) is 10.0 Å². The van der Waals surface area contributed by atoms with Crippen molar-refractivity contribution in [3.8, 4) is 28.5 Å². The molecule has 0 saturated carbocycles. The first-order valence-corrected chi connectivity index (χ1v) is 16.2. The lowest BCUT2D eigenvalue weighted by molar-refractivity contribution is -0.116. The fourth-order valence-electron chi connectivity index (χ4n) is 4.82. The van der Waals surface area contributed by atoms with E-state index in [1.54, 1.807) is 37.3 Å². The quantitative estimate of drug-likeness (QED) is 0.129. The minimum Gasteiger partial charge on any atom is -0.491 e. The lowest BCUT2D eigenvalue weighted by atomic mass is 10.0. The Kier molecular flexibility index (Phi) is 10.5. The maximum absolute atomic E-state index is 14.4. The Morgan fingerprint density at radius 2 is 1.71 bits per heavy atom. The summed E-state index contributed by atoms with van der Waals surface area (Å²) >= 11 is 0. The molecule has 3 aromatic carbocycles. The molecule has 0 aliphatic carbocycles. The van der Waals surface area contributed by atoms with Crippen LogP contribution >= 0.6 is 0 Å². The average molecular weight is 693 g/mol. The number of nitrogens with two attached hydrogens (primary N) is 1. The number of hydrogen-bond acceptors (Lipinski definition) is 10. The number of aromatic nitrogens is 3. The average Bonchev–Trinajstić information content (AvgIpc) is 3.05. The molecule has 5 aromatic rings. The third-order valence-corrected chi connectivity index (χ3v) is 8.53. The molecule has 0 aliphatic heterocycles. The fourth-order valence-corrected chi connectivity index (χ4v) is 5.93. The third kappa shape index (κ3) is 8.34. The van der Waals surface area contributed by atoms with Gasteiger partial charge >= 0.3 is 6.09 Å². The highest BCUT2D eigenvalue weighted by Gasteiger charge is 2.23. The van der Waals surface area contributed by atoms with E-state index in [0.717, 1.165) is 12.1 Å². The molecule has 2 heterocycles. The molecule has 0 bridgehead atoms. The predicted octanol–water partition coefficient (Wildman–Crippen LogP) is 5.73. The molecule has 5 rings (SSSR count). The number of carbonyl (C=O) groups excluding carboxylic acids is 2. The van der Waals surface area contributed by atoms with E-state index in [-0.39, 0.29) is 36.3 Å². The zero-order valence-electron chi connectivity index (χ0n) is 26.2. The Bertz CT molecular complexity index is 2150. The molecule has 0 aliphatic rings. The van der Waals surface area contributed by atoms with Gasteiger partial charge in [0.2, 0.25) is 11.8 Å². The Labute approximate surface area is 279 Å². The summed E-state index contributed by atoms with van der Waals surface area (Å²) < 4.78 is 72.4. The number of ether oxygens (including phenoxy) is 3. The summed E-state index contributed by atoms with van der Waals surface area (Å²) in [6, 6.07) is 13.5. The van der Waals surface area contributed by atoms with Crippen molar-refractivity contribution >= 4 is 44.3 Å². The second kappa shape index (κ2) is 14.9. The number of aryl methyl sites for hydroxylation is 1. The maximum atomic E-state index is 14.4. The highest BCUT2D eigenvalue weighted by molar-refractivity contribution is 7.92. The van der Waals surface area contributed by atoms with Crippen LogP contribution < -0.4 is 30.0 Å². The predicted molar refractivity (Wildman–Crippen MR) is 176 cm³/mol. The Morgan fingerprint density at radius 1 is 0.918 bits per heavy atom. The van der Waals surface area contributed by atoms with Gasteiger partial charge in [0, 0.05) is 35.3 Å². The van der Waals surface area contributed by atoms with Gasteiger partial charge in [-0.3, -0.25) is 9.52 Å². The Balaban J connectivity index is 1.32. The van der Waals surface area contributed by atoms with Crippen molar-refractivity contribution < 1.29 is 41.0 Å². The normalized spacial score (nSPS) is 11.2. The number of unbranched alkanes of at least 4 members (excludes halogenated alkanes) is 1. The molecule has 16 heteroatoms. The molecule has 0 saturated heterocycles. The number of nitrogens with one attached hydrogen (secondary N) is 2. The number of rotatable bonds is 13. The highest BCUT2D eigenvalue weighted by Crippen LogP contribution is 2.36. The number of pyridine rings is 1. The molecule has 0 atom stereocenters. The van der Waals surface area contributed by atoms with E-state index in [2.05, 4.69) is 25.0 Å². The number of benzene rings is 3. The number of para-hydroxylation sites is 2. The SMILES string of the molecule is COc1ncc(-c2cc(OCCCCC(=O)Nc3ccccc3OC(N)=O)c3ncnc(C)c3c2)cc1NS(=O)(=O)c1ccc(F)cc1F. The number of primary amides is 1. The number of hydrogen-bond donors (Lipinski definition) is 3. The number of fused-ring (bicyclic) bond motifs is 1. The van der Waals surface area contributed by atoms with E-state index in [4.69, 9.17) is 19.9 Å². The van der Waals surface area contributed by atoms with Crippen LogP contribution in [0.2, 0.25) is 0 Å². The summed E-state index contributed by atoms with van der Waals surface area (Å²) in [7, 11) is -3.21. The zero-order valence-corrected chi connectivity index (χ0v) is 27.0. The van der Waals surface area contributed by atoms with Crippen molar-refractivity contribution in [3.05, 3.63) is 90.5 Å². The molecule has 49 heavy (non-hydrogen) atoms. The van der Waals surface area contributed by atoms with Crippen LogP contribution in [-0.4, -0.2) is 49.1 Å². The number of carbonyl (C=O) groups is 2. The lowest BCUT2D eigenvalue weighted by Crippen LogP contribution is -2.18. The standard InChI is InChI=1S/C33H30F2N6O7S/c1-19-23-13-20(21-14-26(32(46-2)37-17-21)41-49(44,45)29-11-10-22(34)16-24(29)35)15-28(31(23)39-18-38-19)47-12-6-5-9-30(42)40-25-7-3-4-8-27(25)48-33(36)43/h3-4,7-8,10-11,13-18,41H,5-6,9,12H2,1-2H3,(H2,36,43)(H,40,42). The van der Waals surface area contributed by atoms with Crippen molar-refractivity contribution in [2.45, 2.75) is 31.1 Å². The third-order valence-electron chi connectivity index (χ3n) is 7.14. The molecule has 0 radical (unpaired) electrons. The summed E-state index contributed by atoms with van der Waals surface area (Å²) in [6.45, 7) is 2.03. The minimum atomic E-state index is -4.50. The van der Waals surface area contributed by atoms with Gasteiger partial charge in [-0.2, -0.15) is 0 Å². The van der Waals surface area contributed by atoms with Crippen LogP contribution in [0.25, 0.3) is 22.0 Å². The van der Waals surface area contributed by atoms with Crippen molar-refractivity contribution in [2.24, 2.45) is 5.73 Å². The van der Waals surface area contributed by atoms with Gasteiger partial charge in [0.05, 0.1) is 19.4 Å². The van der Waals surface area contributed by atoms with E-state index < -0.39 is 32.6 Å². The number of halogens is 2. The smallest absolute Gasteiger partial charge is 0.410 e. The monoisotopic (exact) mass is 692 g/mol. The fraction of sp³-hybridized carbons (Fsp3) is 0.182. The number of nitrogens with zero attached hydrogens (tertiary/aromatic N) is 3. The Morgan fingerprint density at radius 3 is 2.47 bits per heavy atom. The number of anilines is 2. The zero-order chi connectivity index (χ0) is 35.1. The first kappa shape index (κ1) is 34.4. The van der Waals surface area contributed by atoms with E-state index >= 15 is 0 Å². The largest absolute Gasteiger partial charge is 0.491 e. The van der Waals surface area contributed by atoms with Gasteiger partial charge in [-0.25, -0.2) is 36.9 Å². The molecular formula is C33H30F2N6O7S. The summed E-state index contributed by atoms with van der Waals surface area (Å²) in [5.41, 5.74) is 7.53. The molecule has 2 aromatic heterocycles. The van der Waals surface area contributed by atoms with Gasteiger partial charge in [0.15, 0.2) is 5.75 Å². The maximum Gasteiger partial charge on any atom is 0.410 e. The lowest BCUT2D eigenvalue weighted by Gasteiger charge is -2.15. The second-order valence-corrected chi connectivity index (χ2v) is 12.2. The number of methoxy groups -OCH3 is 1. The van der Waals surface area contributed by atoms with Gasteiger partial charge < -0.3 is 25.3 Å². The van der Waals surface area contributed by atoms with Gasteiger partial charge in [-0.15, -0.1) is 0 Å². The first-order chi connectivity index (χ1) is 23.4. The van der Waals surface area contributed by atoms with Crippen LogP contribution in [0.3, 0.4) is 0 Å². The highest BCUT2D eigenvalue weighted by atomic mass is 32.2. The van der Waals surface area contributed by atoms with Crippen LogP contribution in [0.1, 0.15) is 25.0 Å². The van der Waals surface area contributed by atoms with Gasteiger partial charge in [0.1, 0.15) is 39.8 Å². The summed E-state index contributed by atoms with van der Waals surface area (Å²) in [6.07, 6.45) is 3.00. The van der Waals surface area contributed by atoms with Crippen LogP contribution in [0.4, 0.5) is 25.0 Å². The molecule has 254 valence electrons.